The third-order valence-electron chi connectivity index (χ3n) is 1.85. The van der Waals surface area contributed by atoms with E-state index in [1.807, 2.05) is 0 Å². The summed E-state index contributed by atoms with van der Waals surface area (Å²) in [5.41, 5.74) is 0.548. The van der Waals surface area contributed by atoms with Gasteiger partial charge in [-0.3, -0.25) is 4.79 Å². The Morgan fingerprint density at radius 2 is 2.33 bits per heavy atom. The van der Waals surface area contributed by atoms with E-state index >= 15 is 0 Å². The smallest absolute Gasteiger partial charge is 0.182 e. The normalized spacial score (nSPS) is 10.2. The first-order valence-electron chi connectivity index (χ1n) is 4.27. The number of hydrogen-bond donors (Lipinski definition) is 1. The highest BCUT2D eigenvalue weighted by atomic mass is 35.5. The summed E-state index contributed by atoms with van der Waals surface area (Å²) in [5.74, 6) is 0.291. The van der Waals surface area contributed by atoms with Gasteiger partial charge in [-0.05, 0) is 12.1 Å². The summed E-state index contributed by atoms with van der Waals surface area (Å²) in [6.07, 6.45) is 0.122. The minimum Gasteiger partial charge on any atom is -0.294 e. The summed E-state index contributed by atoms with van der Waals surface area (Å²) in [4.78, 5) is 11.7. The molecule has 1 heterocycles. The molecule has 0 saturated heterocycles. The van der Waals surface area contributed by atoms with Crippen molar-refractivity contribution >= 4 is 17.4 Å². The predicted octanol–water partition coefficient (Wildman–Crippen LogP) is 1.28. The molecule has 0 aliphatic rings. The van der Waals surface area contributed by atoms with Crippen molar-refractivity contribution in [3.05, 3.63) is 40.7 Å². The van der Waals surface area contributed by atoms with Gasteiger partial charge in [-0.2, -0.15) is 5.21 Å². The van der Waals surface area contributed by atoms with E-state index in [2.05, 4.69) is 20.6 Å². The Morgan fingerprint density at radius 3 is 3.00 bits per heavy atom. The van der Waals surface area contributed by atoms with Crippen LogP contribution in [0.3, 0.4) is 0 Å². The van der Waals surface area contributed by atoms with Crippen LogP contribution in [0.2, 0.25) is 5.02 Å². The average Bonchev–Trinajstić information content (AvgIpc) is 2.70. The minimum absolute atomic E-state index is 0.0844. The van der Waals surface area contributed by atoms with E-state index in [0.29, 0.717) is 16.4 Å². The van der Waals surface area contributed by atoms with Crippen LogP contribution in [0.5, 0.6) is 0 Å². The molecule has 2 rings (SSSR count). The third kappa shape index (κ3) is 2.38. The van der Waals surface area contributed by atoms with E-state index in [0.717, 1.165) is 0 Å². The Balaban J connectivity index is 2.15. The Morgan fingerprint density at radius 1 is 1.47 bits per heavy atom. The van der Waals surface area contributed by atoms with Gasteiger partial charge in [0.25, 0.3) is 0 Å². The number of hydrogen-bond acceptors (Lipinski definition) is 4. The molecule has 0 unspecified atom stereocenters. The lowest BCUT2D eigenvalue weighted by atomic mass is 10.1. The van der Waals surface area contributed by atoms with Crippen LogP contribution < -0.4 is 0 Å². The van der Waals surface area contributed by atoms with Gasteiger partial charge in [-0.1, -0.05) is 28.9 Å². The number of aromatic amines is 1. The summed E-state index contributed by atoms with van der Waals surface area (Å²) in [6, 6.07) is 6.76. The van der Waals surface area contributed by atoms with Gasteiger partial charge in [-0.25, -0.2) is 0 Å². The molecule has 1 aromatic heterocycles. The van der Waals surface area contributed by atoms with Gasteiger partial charge in [0.1, 0.15) is 0 Å². The number of H-pyrrole nitrogens is 1. The Labute approximate surface area is 90.5 Å². The first kappa shape index (κ1) is 9.79. The van der Waals surface area contributed by atoms with E-state index in [4.69, 9.17) is 11.6 Å². The van der Waals surface area contributed by atoms with Crippen LogP contribution in [0.4, 0.5) is 0 Å². The number of nitrogens with zero attached hydrogens (tertiary/aromatic N) is 3. The number of halogens is 1. The molecule has 5 nitrogen and oxygen atoms in total. The van der Waals surface area contributed by atoms with Crippen molar-refractivity contribution in [2.24, 2.45) is 0 Å². The number of nitrogens with one attached hydrogen (secondary N) is 1. The molecule has 6 heteroatoms. The lowest BCUT2D eigenvalue weighted by Crippen LogP contribution is -2.04. The standard InChI is InChI=1S/C9H7ClN4O/c10-7-3-1-2-6(4-7)8(15)5-9-11-13-14-12-9/h1-4H,5H2,(H,11,12,13,14). The number of Topliss-reactive ketones (excluding diaryl/α,β-unsaturated/α-hetero) is 1. The third-order valence-corrected chi connectivity index (χ3v) is 2.09. The molecule has 0 saturated carbocycles. The van der Waals surface area contributed by atoms with E-state index in [-0.39, 0.29) is 12.2 Å². The van der Waals surface area contributed by atoms with E-state index < -0.39 is 0 Å². The van der Waals surface area contributed by atoms with Crippen molar-refractivity contribution < 1.29 is 4.79 Å². The molecule has 1 N–H and O–H groups in total. The van der Waals surface area contributed by atoms with Gasteiger partial charge in [-0.15, -0.1) is 10.2 Å². The van der Waals surface area contributed by atoms with Gasteiger partial charge in [0.05, 0.1) is 6.42 Å². The van der Waals surface area contributed by atoms with E-state index in [1.165, 1.54) is 0 Å². The molecule has 0 fully saturated rings. The van der Waals surface area contributed by atoms with Crippen molar-refractivity contribution in [3.8, 4) is 0 Å². The van der Waals surface area contributed by atoms with Gasteiger partial charge in [0.2, 0.25) is 0 Å². The Bertz CT molecular complexity index is 469. The molecule has 2 aromatic rings. The molecule has 0 amide bonds. The quantitative estimate of drug-likeness (QED) is 0.794. The van der Waals surface area contributed by atoms with Crippen LogP contribution in [-0.4, -0.2) is 26.4 Å². The monoisotopic (exact) mass is 222 g/mol. The average molecular weight is 223 g/mol. The van der Waals surface area contributed by atoms with Crippen LogP contribution in [0.15, 0.2) is 24.3 Å². The molecule has 15 heavy (non-hydrogen) atoms. The molecule has 76 valence electrons. The van der Waals surface area contributed by atoms with Gasteiger partial charge in [0, 0.05) is 10.6 Å². The predicted molar refractivity (Wildman–Crippen MR) is 53.7 cm³/mol. The lowest BCUT2D eigenvalue weighted by Gasteiger charge is -1.97. The summed E-state index contributed by atoms with van der Waals surface area (Å²) < 4.78 is 0. The topological polar surface area (TPSA) is 71.5 Å². The second-order valence-corrected chi connectivity index (χ2v) is 3.37. The maximum absolute atomic E-state index is 11.7. The minimum atomic E-state index is -0.0844. The van der Waals surface area contributed by atoms with E-state index in [1.54, 1.807) is 24.3 Å². The second kappa shape index (κ2) is 4.18. The molecule has 0 spiro atoms. The summed E-state index contributed by atoms with van der Waals surface area (Å²) in [7, 11) is 0. The summed E-state index contributed by atoms with van der Waals surface area (Å²) in [5, 5.41) is 13.6. The van der Waals surface area contributed by atoms with Crippen molar-refractivity contribution in [2.45, 2.75) is 6.42 Å². The van der Waals surface area contributed by atoms with Crippen molar-refractivity contribution in [1.29, 1.82) is 0 Å². The molecule has 0 aliphatic heterocycles. The van der Waals surface area contributed by atoms with Crippen molar-refractivity contribution in [2.75, 3.05) is 0 Å². The zero-order valence-corrected chi connectivity index (χ0v) is 8.40. The highest BCUT2D eigenvalue weighted by Gasteiger charge is 2.09. The first-order valence-corrected chi connectivity index (χ1v) is 4.64. The summed E-state index contributed by atoms with van der Waals surface area (Å²) >= 11 is 5.77. The summed E-state index contributed by atoms with van der Waals surface area (Å²) in [6.45, 7) is 0. The Kier molecular flexibility index (Phi) is 2.73. The number of tetrazole rings is 1. The van der Waals surface area contributed by atoms with Crippen LogP contribution in [0.25, 0.3) is 0 Å². The highest BCUT2D eigenvalue weighted by Crippen LogP contribution is 2.12. The molecule has 0 aliphatic carbocycles. The Hall–Kier alpha value is -1.75. The van der Waals surface area contributed by atoms with Crippen LogP contribution in [0, 0.1) is 0 Å². The molecule has 0 bridgehead atoms. The van der Waals surface area contributed by atoms with Gasteiger partial charge >= 0.3 is 0 Å². The van der Waals surface area contributed by atoms with Crippen molar-refractivity contribution in [3.63, 3.8) is 0 Å². The molecule has 1 aromatic carbocycles. The number of aromatic nitrogens is 4. The molecule has 0 atom stereocenters. The fourth-order valence-corrected chi connectivity index (χ4v) is 1.36. The largest absolute Gasteiger partial charge is 0.294 e. The molecular formula is C9H7ClN4O. The van der Waals surface area contributed by atoms with Crippen LogP contribution in [-0.2, 0) is 6.42 Å². The number of carbonyl (C=O) groups excluding carboxylic acids is 1. The maximum atomic E-state index is 11.7. The van der Waals surface area contributed by atoms with Crippen LogP contribution in [0.1, 0.15) is 16.2 Å². The highest BCUT2D eigenvalue weighted by molar-refractivity contribution is 6.31. The SMILES string of the molecule is O=C(Cc1nn[nH]n1)c1cccc(Cl)c1. The number of carbonyl (C=O) groups is 1. The maximum Gasteiger partial charge on any atom is 0.182 e. The first-order chi connectivity index (χ1) is 7.25. The van der Waals surface area contributed by atoms with E-state index in [9.17, 15) is 4.79 Å². The molecular weight excluding hydrogens is 216 g/mol. The number of ketones is 1. The number of rotatable bonds is 3. The van der Waals surface area contributed by atoms with Crippen molar-refractivity contribution in [1.82, 2.24) is 20.6 Å². The lowest BCUT2D eigenvalue weighted by molar-refractivity contribution is 0.0991. The van der Waals surface area contributed by atoms with Gasteiger partial charge < -0.3 is 0 Å². The van der Waals surface area contributed by atoms with Gasteiger partial charge in [0.15, 0.2) is 11.6 Å². The zero-order valence-electron chi connectivity index (χ0n) is 7.64. The fraction of sp³-hybridized carbons (Fsp3) is 0.111. The fourth-order valence-electron chi connectivity index (χ4n) is 1.16. The van der Waals surface area contributed by atoms with Crippen LogP contribution >= 0.6 is 11.6 Å². The second-order valence-electron chi connectivity index (χ2n) is 2.94. The zero-order chi connectivity index (χ0) is 10.7. The number of benzene rings is 1. The molecule has 0 radical (unpaired) electrons.